The Hall–Kier alpha value is -2.03. The van der Waals surface area contributed by atoms with Gasteiger partial charge < -0.3 is 18.9 Å². The molecule has 2 atom stereocenters. The van der Waals surface area contributed by atoms with Gasteiger partial charge in [-0.2, -0.15) is 0 Å². The maximum Gasteiger partial charge on any atom is 0.472 e. The van der Waals surface area contributed by atoms with E-state index < -0.39 is 26.5 Å². The van der Waals surface area contributed by atoms with Gasteiger partial charge in [0.25, 0.3) is 0 Å². The van der Waals surface area contributed by atoms with Crippen molar-refractivity contribution in [2.75, 3.05) is 47.5 Å². The second kappa shape index (κ2) is 36.6. The van der Waals surface area contributed by atoms with E-state index in [1.54, 1.807) is 0 Å². The summed E-state index contributed by atoms with van der Waals surface area (Å²) in [5, 5.41) is 0. The number of carbonyl (C=O) groups is 2. The van der Waals surface area contributed by atoms with E-state index in [0.29, 0.717) is 17.4 Å². The van der Waals surface area contributed by atoms with E-state index in [4.69, 9.17) is 18.5 Å². The number of rotatable bonds is 38. The number of esters is 2. The molecule has 54 heavy (non-hydrogen) atoms. The van der Waals surface area contributed by atoms with Crippen molar-refractivity contribution in [2.45, 2.75) is 174 Å². The highest BCUT2D eigenvalue weighted by molar-refractivity contribution is 7.47. The first-order valence-corrected chi connectivity index (χ1v) is 22.9. The van der Waals surface area contributed by atoms with Crippen molar-refractivity contribution in [3.05, 3.63) is 48.6 Å². The van der Waals surface area contributed by atoms with Crippen LogP contribution in [0.25, 0.3) is 0 Å². The van der Waals surface area contributed by atoms with Crippen LogP contribution in [0, 0.1) is 0 Å². The third-order valence-electron chi connectivity index (χ3n) is 8.97. The Bertz CT molecular complexity index is 1070. The topological polar surface area (TPSA) is 108 Å². The minimum absolute atomic E-state index is 0.0259. The van der Waals surface area contributed by atoms with E-state index in [1.807, 2.05) is 51.5 Å². The molecular weight excluding hydrogens is 701 g/mol. The maximum atomic E-state index is 12.7. The molecule has 0 bridgehead atoms. The minimum atomic E-state index is -4.38. The zero-order valence-corrected chi connectivity index (χ0v) is 36.1. The number of phosphoric acid groups is 1. The van der Waals surface area contributed by atoms with Gasteiger partial charge in [0.15, 0.2) is 6.10 Å². The zero-order chi connectivity index (χ0) is 40.0. The molecule has 0 saturated carbocycles. The predicted octanol–water partition coefficient (Wildman–Crippen LogP) is 11.9. The van der Waals surface area contributed by atoms with Gasteiger partial charge in [-0.05, 0) is 32.1 Å². The van der Waals surface area contributed by atoms with Gasteiger partial charge in [-0.3, -0.25) is 18.6 Å². The molecule has 2 unspecified atom stereocenters. The molecule has 0 aliphatic heterocycles. The average molecular weight is 783 g/mol. The summed E-state index contributed by atoms with van der Waals surface area (Å²) in [5.41, 5.74) is 0. The lowest BCUT2D eigenvalue weighted by atomic mass is 10.0. The summed E-state index contributed by atoms with van der Waals surface area (Å²) in [4.78, 5) is 35.3. The smallest absolute Gasteiger partial charge is 0.462 e. The summed E-state index contributed by atoms with van der Waals surface area (Å²) in [6, 6.07) is 0. The molecule has 0 radical (unpaired) electrons. The summed E-state index contributed by atoms with van der Waals surface area (Å²) in [6.07, 6.45) is 41.5. The van der Waals surface area contributed by atoms with E-state index in [1.165, 1.54) is 77.0 Å². The Morgan fingerprint density at radius 1 is 0.593 bits per heavy atom. The average Bonchev–Trinajstić information content (AvgIpc) is 3.12. The molecule has 0 rings (SSSR count). The summed E-state index contributed by atoms with van der Waals surface area (Å²) in [7, 11) is 1.46. The maximum absolute atomic E-state index is 12.7. The van der Waals surface area contributed by atoms with Crippen molar-refractivity contribution >= 4 is 19.8 Å². The molecule has 0 saturated heterocycles. The number of carbonyl (C=O) groups excluding carboxylic acids is 2. The third kappa shape index (κ3) is 39.7. The lowest BCUT2D eigenvalue weighted by molar-refractivity contribution is -0.870. The lowest BCUT2D eigenvalue weighted by Crippen LogP contribution is -2.37. The van der Waals surface area contributed by atoms with Crippen LogP contribution in [0.4, 0.5) is 0 Å². The monoisotopic (exact) mass is 783 g/mol. The first kappa shape index (κ1) is 52.0. The van der Waals surface area contributed by atoms with E-state index in [9.17, 15) is 19.0 Å². The number of nitrogens with zero attached hydrogens (tertiary/aromatic N) is 1. The van der Waals surface area contributed by atoms with Crippen molar-refractivity contribution in [3.63, 3.8) is 0 Å². The van der Waals surface area contributed by atoms with Gasteiger partial charge in [0.05, 0.1) is 27.7 Å². The lowest BCUT2D eigenvalue weighted by Gasteiger charge is -2.24. The molecule has 0 heterocycles. The molecule has 0 amide bonds. The minimum Gasteiger partial charge on any atom is -0.462 e. The molecule has 0 spiro atoms. The first-order valence-electron chi connectivity index (χ1n) is 21.4. The molecule has 0 aromatic rings. The number of phosphoric ester groups is 1. The fourth-order valence-corrected chi connectivity index (χ4v) is 6.35. The number of ether oxygens (including phenoxy) is 2. The highest BCUT2D eigenvalue weighted by Gasteiger charge is 2.27. The fraction of sp³-hybridized carbons (Fsp3) is 0.773. The highest BCUT2D eigenvalue weighted by atomic mass is 31.2. The van der Waals surface area contributed by atoms with E-state index in [2.05, 4.69) is 32.1 Å². The molecular formula is C44H81NO8P+. The number of quaternary nitrogens is 1. The molecule has 314 valence electrons. The molecule has 0 aliphatic carbocycles. The van der Waals surface area contributed by atoms with Crippen LogP contribution in [-0.2, 0) is 32.7 Å². The van der Waals surface area contributed by atoms with Gasteiger partial charge in [0.1, 0.15) is 19.8 Å². The normalized spacial score (nSPS) is 14.1. The van der Waals surface area contributed by atoms with Crippen LogP contribution in [0.3, 0.4) is 0 Å². The second-order valence-electron chi connectivity index (χ2n) is 15.4. The van der Waals surface area contributed by atoms with Crippen LogP contribution < -0.4 is 0 Å². The SMILES string of the molecule is CC/C=C/C=C/C=C/C=C/CCCCCCCC(=O)OC(COC(=O)CCCCCCCCCCCCCCCCC)COP(=O)(O)OCC[N+](C)(C)C. The molecule has 10 heteroatoms. The second-order valence-corrected chi connectivity index (χ2v) is 16.9. The number of hydrogen-bond acceptors (Lipinski definition) is 7. The Morgan fingerprint density at radius 2 is 1.06 bits per heavy atom. The number of hydrogen-bond donors (Lipinski definition) is 1. The Balaban J connectivity index is 4.41. The Labute approximate surface area is 331 Å². The van der Waals surface area contributed by atoms with Crippen molar-refractivity contribution < 1.29 is 42.1 Å². The van der Waals surface area contributed by atoms with Crippen molar-refractivity contribution in [2.24, 2.45) is 0 Å². The summed E-state index contributed by atoms with van der Waals surface area (Å²) in [6.45, 7) is 4.25. The predicted molar refractivity (Wildman–Crippen MR) is 224 cm³/mol. The quantitative estimate of drug-likeness (QED) is 0.0217. The Kier molecular flexibility index (Phi) is 35.2. The van der Waals surface area contributed by atoms with E-state index >= 15 is 0 Å². The van der Waals surface area contributed by atoms with Crippen LogP contribution >= 0.6 is 7.82 Å². The van der Waals surface area contributed by atoms with Crippen molar-refractivity contribution in [3.8, 4) is 0 Å². The van der Waals surface area contributed by atoms with Crippen molar-refractivity contribution in [1.82, 2.24) is 0 Å². The van der Waals surface area contributed by atoms with Gasteiger partial charge in [-0.25, -0.2) is 4.57 Å². The molecule has 0 fully saturated rings. The summed E-state index contributed by atoms with van der Waals surface area (Å²) >= 11 is 0. The number of allylic oxidation sites excluding steroid dienone is 8. The molecule has 9 nitrogen and oxygen atoms in total. The number of unbranched alkanes of at least 4 members (excludes halogenated alkanes) is 19. The van der Waals surface area contributed by atoms with E-state index in [0.717, 1.165) is 57.8 Å². The molecule has 0 aromatic heterocycles. The molecule has 0 aliphatic rings. The molecule has 1 N–H and O–H groups in total. The zero-order valence-electron chi connectivity index (χ0n) is 35.2. The summed E-state index contributed by atoms with van der Waals surface area (Å²) < 4.78 is 34.2. The first-order chi connectivity index (χ1) is 26.0. The largest absolute Gasteiger partial charge is 0.472 e. The van der Waals surface area contributed by atoms with Crippen molar-refractivity contribution in [1.29, 1.82) is 0 Å². The van der Waals surface area contributed by atoms with Crippen LogP contribution in [0.1, 0.15) is 168 Å². The van der Waals surface area contributed by atoms with Gasteiger partial charge in [-0.1, -0.05) is 172 Å². The standard InChI is InChI=1S/C44H80NO8P/c1-6-8-10-12-14-16-18-20-22-24-26-28-30-32-34-36-43(46)50-40-42(41-52-54(48,49)51-39-38-45(3,4)5)53-44(47)37-35-33-31-29-27-25-23-21-19-17-15-13-11-9-7-2/h9,11,13,15,17,19,21,23,42H,6-8,10,12,14,16,18,20,22,24-41H2,1-5H3/p+1/b11-9+,15-13+,19-17+,23-21+. The van der Waals surface area contributed by atoms with Crippen LogP contribution in [0.2, 0.25) is 0 Å². The summed E-state index contributed by atoms with van der Waals surface area (Å²) in [5.74, 6) is -0.825. The van der Waals surface area contributed by atoms with Gasteiger partial charge in [0, 0.05) is 12.8 Å². The van der Waals surface area contributed by atoms with Crippen LogP contribution in [0.15, 0.2) is 48.6 Å². The fourth-order valence-electron chi connectivity index (χ4n) is 5.61. The van der Waals surface area contributed by atoms with Crippen LogP contribution in [-0.4, -0.2) is 74.9 Å². The third-order valence-corrected chi connectivity index (χ3v) is 9.95. The van der Waals surface area contributed by atoms with Gasteiger partial charge in [0.2, 0.25) is 0 Å². The number of likely N-dealkylation sites (N-methyl/N-ethyl adjacent to an activating group) is 1. The van der Waals surface area contributed by atoms with E-state index in [-0.39, 0.29) is 32.0 Å². The van der Waals surface area contributed by atoms with Gasteiger partial charge >= 0.3 is 19.8 Å². The Morgan fingerprint density at radius 3 is 1.57 bits per heavy atom. The molecule has 0 aromatic carbocycles. The van der Waals surface area contributed by atoms with Gasteiger partial charge in [-0.15, -0.1) is 0 Å². The highest BCUT2D eigenvalue weighted by Crippen LogP contribution is 2.43. The van der Waals surface area contributed by atoms with Crippen LogP contribution in [0.5, 0.6) is 0 Å².